The summed E-state index contributed by atoms with van der Waals surface area (Å²) in [4.78, 5) is 28.3. The molecular weight excluding hydrogens is 451 g/mol. The fourth-order valence-corrected chi connectivity index (χ4v) is 4.29. The topological polar surface area (TPSA) is 77.1 Å². The second-order valence-corrected chi connectivity index (χ2v) is 8.80. The van der Waals surface area contributed by atoms with Gasteiger partial charge in [0.1, 0.15) is 5.82 Å². The van der Waals surface area contributed by atoms with Gasteiger partial charge in [-0.3, -0.25) is 9.59 Å². The highest BCUT2D eigenvalue weighted by Gasteiger charge is 2.39. The van der Waals surface area contributed by atoms with E-state index in [9.17, 15) is 14.0 Å². The quantitative estimate of drug-likeness (QED) is 0.532. The number of nitrogens with zero attached hydrogens (tertiary/aromatic N) is 1. The molecule has 0 aliphatic carbocycles. The zero-order valence-corrected chi connectivity index (χ0v) is 21.0. The number of hydrogen-bond acceptors (Lipinski definition) is 5. The van der Waals surface area contributed by atoms with Crippen LogP contribution in [0.25, 0.3) is 0 Å². The number of piperidine rings is 1. The van der Waals surface area contributed by atoms with E-state index in [0.717, 1.165) is 5.56 Å². The maximum atomic E-state index is 13.5. The predicted molar refractivity (Wildman–Crippen MR) is 131 cm³/mol. The first-order chi connectivity index (χ1) is 16.8. The molecule has 8 heteroatoms. The lowest BCUT2D eigenvalue weighted by atomic mass is 9.80. The van der Waals surface area contributed by atoms with E-state index < -0.39 is 5.41 Å². The summed E-state index contributed by atoms with van der Waals surface area (Å²) in [6, 6.07) is 9.39. The van der Waals surface area contributed by atoms with Crippen molar-refractivity contribution < 1.29 is 28.2 Å². The van der Waals surface area contributed by atoms with Crippen LogP contribution in [0.5, 0.6) is 17.2 Å². The molecule has 0 radical (unpaired) electrons. The van der Waals surface area contributed by atoms with Crippen LogP contribution in [0.3, 0.4) is 0 Å². The van der Waals surface area contributed by atoms with Gasteiger partial charge in [0, 0.05) is 25.2 Å². The van der Waals surface area contributed by atoms with Gasteiger partial charge in [0.15, 0.2) is 11.5 Å². The third-order valence-corrected chi connectivity index (χ3v) is 6.05. The van der Waals surface area contributed by atoms with Crippen LogP contribution in [0, 0.1) is 11.2 Å². The molecule has 7 nitrogen and oxygen atoms in total. The standard InChI is InChI=1S/C27H35FN2O5/c1-5-33-22-15-20(16-23(34-6-2)24(22)35-7-3)25(31)30-14-8-13-27(4,18-30)26(32)29-17-19-9-11-21(28)12-10-19/h9-12,15-16H,5-8,13-14,17-18H2,1-4H3,(H,29,32)/t27-/m1/s1. The average molecular weight is 487 g/mol. The Kier molecular flexibility index (Phi) is 8.95. The van der Waals surface area contributed by atoms with Gasteiger partial charge in [0.25, 0.3) is 5.91 Å². The first-order valence-electron chi connectivity index (χ1n) is 12.2. The molecule has 2 aromatic carbocycles. The van der Waals surface area contributed by atoms with Gasteiger partial charge in [-0.05, 0) is 70.4 Å². The minimum atomic E-state index is -0.731. The number of rotatable bonds is 10. The molecule has 2 amide bonds. The molecule has 190 valence electrons. The number of ether oxygens (including phenoxy) is 3. The van der Waals surface area contributed by atoms with Crippen molar-refractivity contribution in [1.29, 1.82) is 0 Å². The highest BCUT2D eigenvalue weighted by atomic mass is 19.1. The van der Waals surface area contributed by atoms with Gasteiger partial charge < -0.3 is 24.4 Å². The first-order valence-corrected chi connectivity index (χ1v) is 12.2. The molecule has 0 saturated carbocycles. The Morgan fingerprint density at radius 1 is 1.00 bits per heavy atom. The lowest BCUT2D eigenvalue weighted by Crippen LogP contribution is -2.51. The SMILES string of the molecule is CCOc1cc(C(=O)N2CCC[C@@](C)(C(=O)NCc3ccc(F)cc3)C2)cc(OCC)c1OCC. The van der Waals surface area contributed by atoms with E-state index in [1.54, 1.807) is 29.2 Å². The molecule has 3 rings (SSSR count). The summed E-state index contributed by atoms with van der Waals surface area (Å²) in [5.74, 6) is 0.767. The number of halogens is 1. The molecule has 0 spiro atoms. The molecule has 1 aliphatic rings. The summed E-state index contributed by atoms with van der Waals surface area (Å²) in [5, 5.41) is 2.95. The van der Waals surface area contributed by atoms with Gasteiger partial charge in [-0.15, -0.1) is 0 Å². The summed E-state index contributed by atoms with van der Waals surface area (Å²) < 4.78 is 30.4. The fourth-order valence-electron chi connectivity index (χ4n) is 4.29. The minimum absolute atomic E-state index is 0.129. The number of likely N-dealkylation sites (tertiary alicyclic amines) is 1. The summed E-state index contributed by atoms with van der Waals surface area (Å²) in [6.45, 7) is 9.90. The van der Waals surface area contributed by atoms with Crippen LogP contribution in [-0.4, -0.2) is 49.6 Å². The van der Waals surface area contributed by atoms with Crippen molar-refractivity contribution >= 4 is 11.8 Å². The summed E-state index contributed by atoms with van der Waals surface area (Å²) in [7, 11) is 0. The van der Waals surface area contributed by atoms with Crippen LogP contribution in [0.15, 0.2) is 36.4 Å². The predicted octanol–water partition coefficient (Wildman–Crippen LogP) is 4.58. The van der Waals surface area contributed by atoms with Gasteiger partial charge in [0.2, 0.25) is 11.7 Å². The van der Waals surface area contributed by atoms with Crippen molar-refractivity contribution in [3.05, 3.63) is 53.3 Å². The maximum absolute atomic E-state index is 13.5. The van der Waals surface area contributed by atoms with Crippen molar-refractivity contribution in [3.63, 3.8) is 0 Å². The van der Waals surface area contributed by atoms with E-state index in [0.29, 0.717) is 75.1 Å². The highest BCUT2D eigenvalue weighted by molar-refractivity contribution is 5.96. The van der Waals surface area contributed by atoms with Crippen LogP contribution in [0.1, 0.15) is 56.5 Å². The summed E-state index contributed by atoms with van der Waals surface area (Å²) >= 11 is 0. The third-order valence-electron chi connectivity index (χ3n) is 6.05. The molecule has 2 aromatic rings. The van der Waals surface area contributed by atoms with Crippen LogP contribution >= 0.6 is 0 Å². The number of amides is 2. The van der Waals surface area contributed by atoms with Crippen molar-refractivity contribution in [1.82, 2.24) is 10.2 Å². The second-order valence-electron chi connectivity index (χ2n) is 8.80. The summed E-state index contributed by atoms with van der Waals surface area (Å²) in [6.07, 6.45) is 1.38. The number of benzene rings is 2. The normalized spacial score (nSPS) is 17.6. The van der Waals surface area contributed by atoms with Crippen LogP contribution in [-0.2, 0) is 11.3 Å². The van der Waals surface area contributed by atoms with E-state index in [1.165, 1.54) is 12.1 Å². The number of nitrogens with one attached hydrogen (secondary N) is 1. The zero-order chi connectivity index (χ0) is 25.4. The molecule has 1 fully saturated rings. The zero-order valence-electron chi connectivity index (χ0n) is 21.0. The largest absolute Gasteiger partial charge is 0.490 e. The molecule has 0 unspecified atom stereocenters. The lowest BCUT2D eigenvalue weighted by Gasteiger charge is -2.39. The Balaban J connectivity index is 1.77. The van der Waals surface area contributed by atoms with Crippen LogP contribution < -0.4 is 19.5 Å². The molecule has 1 aliphatic heterocycles. The number of carbonyl (C=O) groups is 2. The van der Waals surface area contributed by atoms with E-state index in [2.05, 4.69) is 5.32 Å². The molecular formula is C27H35FN2O5. The Bertz CT molecular complexity index is 1000. The molecule has 1 N–H and O–H groups in total. The van der Waals surface area contributed by atoms with Gasteiger partial charge in [-0.25, -0.2) is 4.39 Å². The Morgan fingerprint density at radius 3 is 2.17 bits per heavy atom. The first kappa shape index (κ1) is 26.3. The van der Waals surface area contributed by atoms with E-state index in [1.807, 2.05) is 27.7 Å². The van der Waals surface area contributed by atoms with Gasteiger partial charge in [-0.2, -0.15) is 0 Å². The van der Waals surface area contributed by atoms with E-state index in [4.69, 9.17) is 14.2 Å². The van der Waals surface area contributed by atoms with Crippen LogP contribution in [0.4, 0.5) is 4.39 Å². The Morgan fingerprint density at radius 2 is 1.60 bits per heavy atom. The van der Waals surface area contributed by atoms with Crippen LogP contribution in [0.2, 0.25) is 0 Å². The second kappa shape index (κ2) is 11.9. The van der Waals surface area contributed by atoms with Gasteiger partial charge >= 0.3 is 0 Å². The smallest absolute Gasteiger partial charge is 0.254 e. The lowest BCUT2D eigenvalue weighted by molar-refractivity contribution is -0.132. The molecule has 1 heterocycles. The molecule has 0 aromatic heterocycles. The Labute approximate surface area is 206 Å². The maximum Gasteiger partial charge on any atom is 0.254 e. The highest BCUT2D eigenvalue weighted by Crippen LogP contribution is 2.40. The molecule has 0 bridgehead atoms. The van der Waals surface area contributed by atoms with Crippen molar-refractivity contribution in [3.8, 4) is 17.2 Å². The van der Waals surface area contributed by atoms with Crippen molar-refractivity contribution in [2.45, 2.75) is 47.1 Å². The summed E-state index contributed by atoms with van der Waals surface area (Å²) in [5.41, 5.74) is 0.509. The Hall–Kier alpha value is -3.29. The molecule has 1 atom stereocenters. The average Bonchev–Trinajstić information content (AvgIpc) is 2.85. The van der Waals surface area contributed by atoms with Crippen molar-refractivity contribution in [2.75, 3.05) is 32.9 Å². The number of carbonyl (C=O) groups excluding carboxylic acids is 2. The fraction of sp³-hybridized carbons (Fsp3) is 0.481. The number of hydrogen-bond donors (Lipinski definition) is 1. The van der Waals surface area contributed by atoms with E-state index >= 15 is 0 Å². The molecule has 35 heavy (non-hydrogen) atoms. The minimum Gasteiger partial charge on any atom is -0.490 e. The van der Waals surface area contributed by atoms with Gasteiger partial charge in [-0.1, -0.05) is 12.1 Å². The van der Waals surface area contributed by atoms with Gasteiger partial charge in [0.05, 0.1) is 25.2 Å². The van der Waals surface area contributed by atoms with Crippen molar-refractivity contribution in [2.24, 2.45) is 5.41 Å². The third kappa shape index (κ3) is 6.44. The monoisotopic (exact) mass is 486 g/mol. The molecule has 1 saturated heterocycles. The van der Waals surface area contributed by atoms with E-state index in [-0.39, 0.29) is 17.6 Å².